The van der Waals surface area contributed by atoms with Crippen molar-refractivity contribution in [2.75, 3.05) is 13.6 Å². The van der Waals surface area contributed by atoms with E-state index in [4.69, 9.17) is 0 Å². The fraction of sp³-hybridized carbons (Fsp3) is 0.529. The summed E-state index contributed by atoms with van der Waals surface area (Å²) in [7, 11) is 2.10. The quantitative estimate of drug-likeness (QED) is 0.735. The first-order chi connectivity index (χ1) is 9.00. The third kappa shape index (κ3) is 5.82. The van der Waals surface area contributed by atoms with E-state index in [0.717, 1.165) is 13.0 Å². The van der Waals surface area contributed by atoms with Gasteiger partial charge in [0.25, 0.3) is 0 Å². The van der Waals surface area contributed by atoms with E-state index in [9.17, 15) is 0 Å². The summed E-state index contributed by atoms with van der Waals surface area (Å²) in [6, 6.07) is 0.595. The predicted octanol–water partition coefficient (Wildman–Crippen LogP) is 4.16. The van der Waals surface area contributed by atoms with Crippen molar-refractivity contribution in [3.8, 4) is 0 Å². The Kier molecular flexibility index (Phi) is 6.48. The minimum Gasteiger partial charge on any atom is -0.376 e. The van der Waals surface area contributed by atoms with Gasteiger partial charge in [0, 0.05) is 38.2 Å². The van der Waals surface area contributed by atoms with Crippen molar-refractivity contribution in [1.82, 2.24) is 9.80 Å². The maximum absolute atomic E-state index is 2.22. The van der Waals surface area contributed by atoms with Crippen LogP contribution < -0.4 is 0 Å². The van der Waals surface area contributed by atoms with Gasteiger partial charge in [-0.25, -0.2) is 0 Å². The first kappa shape index (κ1) is 15.6. The lowest BCUT2D eigenvalue weighted by atomic mass is 10.0. The van der Waals surface area contributed by atoms with Gasteiger partial charge in [-0.3, -0.25) is 0 Å². The van der Waals surface area contributed by atoms with Crippen LogP contribution in [0.5, 0.6) is 0 Å². The van der Waals surface area contributed by atoms with Crippen LogP contribution in [0.2, 0.25) is 0 Å². The van der Waals surface area contributed by atoms with E-state index in [1.54, 1.807) is 0 Å². The molecule has 0 unspecified atom stereocenters. The van der Waals surface area contributed by atoms with Gasteiger partial charge in [0.05, 0.1) is 0 Å². The molecule has 2 aliphatic heterocycles. The molecular formula is C17H28N2. The van der Waals surface area contributed by atoms with Crippen LogP contribution in [0.3, 0.4) is 0 Å². The molecule has 0 saturated carbocycles. The third-order valence-electron chi connectivity index (χ3n) is 3.16. The number of hydrogen-bond donors (Lipinski definition) is 0. The van der Waals surface area contributed by atoms with Crippen LogP contribution >= 0.6 is 0 Å². The summed E-state index contributed by atoms with van der Waals surface area (Å²) in [5.41, 5.74) is 1.42. The average molecular weight is 260 g/mol. The average Bonchev–Trinajstić information content (AvgIpc) is 2.40. The van der Waals surface area contributed by atoms with Crippen molar-refractivity contribution in [3.63, 3.8) is 0 Å². The third-order valence-corrected chi connectivity index (χ3v) is 3.16. The van der Waals surface area contributed by atoms with Crippen molar-refractivity contribution in [2.45, 2.75) is 40.2 Å². The van der Waals surface area contributed by atoms with Crippen molar-refractivity contribution in [2.24, 2.45) is 5.92 Å². The second-order valence-electron chi connectivity index (χ2n) is 5.67. The molecule has 0 radical (unpaired) electrons. The second-order valence-corrected chi connectivity index (χ2v) is 5.67. The first-order valence-corrected chi connectivity index (χ1v) is 7.20. The Bertz CT molecular complexity index is 361. The molecule has 0 N–H and O–H groups in total. The Balaban J connectivity index is 0.000000191. The van der Waals surface area contributed by atoms with Gasteiger partial charge < -0.3 is 9.80 Å². The SMILES string of the molecule is CC(C)C1=CN(C)CC=C1.CC(C)N1C=CCC=C1. The molecule has 2 heterocycles. The van der Waals surface area contributed by atoms with Crippen LogP contribution in [0.25, 0.3) is 0 Å². The number of nitrogens with zero attached hydrogens (tertiary/aromatic N) is 2. The smallest absolute Gasteiger partial charge is 0.0354 e. The standard InChI is InChI=1S/C9H15N.C8H13N/c1-8(2)9-5-4-6-10(3)7-9;1-8(2)9-6-4-3-5-7-9/h4-5,7-8H,6H2,1-3H3;4-8H,3H2,1-2H3. The zero-order chi connectivity index (χ0) is 14.3. The normalized spacial score (nSPS) is 17.7. The fourth-order valence-electron chi connectivity index (χ4n) is 1.88. The molecule has 0 atom stereocenters. The highest BCUT2D eigenvalue weighted by atomic mass is 15.1. The Labute approximate surface area is 118 Å². The van der Waals surface area contributed by atoms with Crippen LogP contribution in [0, 0.1) is 5.92 Å². The molecule has 106 valence electrons. The van der Waals surface area contributed by atoms with E-state index in [0.29, 0.717) is 12.0 Å². The topological polar surface area (TPSA) is 6.48 Å². The molecule has 2 rings (SSSR count). The highest BCUT2D eigenvalue weighted by Crippen LogP contribution is 2.14. The van der Waals surface area contributed by atoms with Crippen LogP contribution in [0.4, 0.5) is 0 Å². The zero-order valence-electron chi connectivity index (χ0n) is 13.0. The Morgan fingerprint density at radius 2 is 1.63 bits per heavy atom. The number of allylic oxidation sites excluding steroid dienone is 4. The number of rotatable bonds is 2. The molecule has 2 heteroatoms. The largest absolute Gasteiger partial charge is 0.376 e. The Morgan fingerprint density at radius 3 is 2.00 bits per heavy atom. The molecule has 0 aromatic carbocycles. The van der Waals surface area contributed by atoms with Crippen molar-refractivity contribution in [3.05, 3.63) is 48.5 Å². The molecule has 0 saturated heterocycles. The maximum Gasteiger partial charge on any atom is 0.0354 e. The van der Waals surface area contributed by atoms with Crippen LogP contribution in [-0.2, 0) is 0 Å². The molecule has 0 aliphatic carbocycles. The van der Waals surface area contributed by atoms with Crippen LogP contribution in [0.1, 0.15) is 34.1 Å². The summed E-state index contributed by atoms with van der Waals surface area (Å²) >= 11 is 0. The summed E-state index contributed by atoms with van der Waals surface area (Å²) in [6.45, 7) is 9.85. The highest BCUT2D eigenvalue weighted by Gasteiger charge is 2.03. The summed E-state index contributed by atoms with van der Waals surface area (Å²) in [4.78, 5) is 4.40. The molecule has 2 aliphatic rings. The molecule has 0 spiro atoms. The van der Waals surface area contributed by atoms with Gasteiger partial charge in [0.1, 0.15) is 0 Å². The Hall–Kier alpha value is -1.44. The molecule has 0 amide bonds. The van der Waals surface area contributed by atoms with Gasteiger partial charge in [-0.1, -0.05) is 38.2 Å². The van der Waals surface area contributed by atoms with Gasteiger partial charge in [-0.15, -0.1) is 0 Å². The summed E-state index contributed by atoms with van der Waals surface area (Å²) in [6.07, 6.45) is 16.3. The van der Waals surface area contributed by atoms with Crippen molar-refractivity contribution >= 4 is 0 Å². The van der Waals surface area contributed by atoms with Gasteiger partial charge in [-0.05, 0) is 31.8 Å². The molecule has 0 fully saturated rings. The molecule has 0 bridgehead atoms. The molecule has 0 aromatic rings. The monoisotopic (exact) mass is 260 g/mol. The van der Waals surface area contributed by atoms with E-state index in [2.05, 4.69) is 87.4 Å². The van der Waals surface area contributed by atoms with Crippen molar-refractivity contribution < 1.29 is 0 Å². The van der Waals surface area contributed by atoms with E-state index in [-0.39, 0.29) is 0 Å². The molecule has 0 aromatic heterocycles. The lowest BCUT2D eigenvalue weighted by Crippen LogP contribution is -2.19. The summed E-state index contributed by atoms with van der Waals surface area (Å²) in [5.74, 6) is 0.652. The molecule has 2 nitrogen and oxygen atoms in total. The summed E-state index contributed by atoms with van der Waals surface area (Å²) in [5, 5.41) is 0. The predicted molar refractivity (Wildman–Crippen MR) is 84.6 cm³/mol. The lowest BCUT2D eigenvalue weighted by Gasteiger charge is -2.21. The minimum atomic E-state index is 0.595. The van der Waals surface area contributed by atoms with E-state index >= 15 is 0 Å². The number of likely N-dealkylation sites (N-methyl/N-ethyl adjacent to an activating group) is 1. The number of hydrogen-bond acceptors (Lipinski definition) is 2. The van der Waals surface area contributed by atoms with Crippen molar-refractivity contribution in [1.29, 1.82) is 0 Å². The van der Waals surface area contributed by atoms with E-state index in [1.807, 2.05) is 0 Å². The maximum atomic E-state index is 2.22. The van der Waals surface area contributed by atoms with Crippen LogP contribution in [-0.4, -0.2) is 29.4 Å². The Morgan fingerprint density at radius 1 is 1.00 bits per heavy atom. The van der Waals surface area contributed by atoms with E-state index < -0.39 is 0 Å². The molecule has 19 heavy (non-hydrogen) atoms. The first-order valence-electron chi connectivity index (χ1n) is 7.20. The molecular weight excluding hydrogens is 232 g/mol. The van der Waals surface area contributed by atoms with E-state index in [1.165, 1.54) is 5.57 Å². The highest BCUT2D eigenvalue weighted by molar-refractivity contribution is 5.23. The van der Waals surface area contributed by atoms with Gasteiger partial charge in [0.15, 0.2) is 0 Å². The van der Waals surface area contributed by atoms with Gasteiger partial charge >= 0.3 is 0 Å². The zero-order valence-corrected chi connectivity index (χ0v) is 13.0. The van der Waals surface area contributed by atoms with Gasteiger partial charge in [0.2, 0.25) is 0 Å². The van der Waals surface area contributed by atoms with Gasteiger partial charge in [-0.2, -0.15) is 0 Å². The fourth-order valence-corrected chi connectivity index (χ4v) is 1.88. The van der Waals surface area contributed by atoms with Crippen LogP contribution in [0.15, 0.2) is 48.5 Å². The summed E-state index contributed by atoms with van der Waals surface area (Å²) < 4.78 is 0. The minimum absolute atomic E-state index is 0.595. The lowest BCUT2D eigenvalue weighted by molar-refractivity contribution is 0.411. The second kappa shape index (κ2) is 7.88.